The van der Waals surface area contributed by atoms with Crippen molar-refractivity contribution in [3.8, 4) is 11.1 Å². The largest absolute Gasteiger partial charge is 0.385 e. The van der Waals surface area contributed by atoms with Crippen molar-refractivity contribution in [3.63, 3.8) is 0 Å². The van der Waals surface area contributed by atoms with Crippen molar-refractivity contribution in [1.82, 2.24) is 9.29 Å². The maximum absolute atomic E-state index is 12.6. The first-order valence-corrected chi connectivity index (χ1v) is 13.7. The molecule has 182 valence electrons. The Morgan fingerprint density at radius 3 is 2.68 bits per heavy atom. The molecule has 3 heterocycles. The second-order valence-corrected chi connectivity index (χ2v) is 11.7. The van der Waals surface area contributed by atoms with Crippen LogP contribution >= 0.6 is 11.3 Å². The van der Waals surface area contributed by atoms with Gasteiger partial charge in [-0.15, -0.1) is 11.3 Å². The van der Waals surface area contributed by atoms with Gasteiger partial charge in [-0.05, 0) is 71.0 Å². The highest BCUT2D eigenvalue weighted by Crippen LogP contribution is 2.38. The van der Waals surface area contributed by atoms with E-state index in [0.717, 1.165) is 52.3 Å². The molecule has 2 aromatic heterocycles. The molecule has 1 saturated heterocycles. The Bertz CT molecular complexity index is 1290. The van der Waals surface area contributed by atoms with E-state index in [1.54, 1.807) is 11.4 Å². The Morgan fingerprint density at radius 1 is 1.26 bits per heavy atom. The van der Waals surface area contributed by atoms with E-state index in [1.165, 1.54) is 11.3 Å². The molecule has 0 spiro atoms. The van der Waals surface area contributed by atoms with Gasteiger partial charge in [0.2, 0.25) is 15.9 Å². The molecular formula is C24H29N3O5S2. The lowest BCUT2D eigenvalue weighted by atomic mass is 9.88. The number of H-pyrrole nitrogens is 1. The normalized spacial score (nSPS) is 15.7. The number of aromatic nitrogens is 1. The second-order valence-electron chi connectivity index (χ2n) is 8.64. The molecule has 34 heavy (non-hydrogen) atoms. The lowest BCUT2D eigenvalue weighted by Crippen LogP contribution is -2.39. The summed E-state index contributed by atoms with van der Waals surface area (Å²) < 4.78 is 31.8. The zero-order chi connectivity index (χ0) is 24.3. The minimum atomic E-state index is -3.29. The summed E-state index contributed by atoms with van der Waals surface area (Å²) in [5, 5.41) is 2.94. The average Bonchev–Trinajstić information content (AvgIpc) is 3.46. The Hall–Kier alpha value is -2.53. The van der Waals surface area contributed by atoms with Crippen molar-refractivity contribution < 1.29 is 22.7 Å². The summed E-state index contributed by atoms with van der Waals surface area (Å²) in [5.74, 6) is -0.119. The van der Waals surface area contributed by atoms with Crippen LogP contribution in [0.25, 0.3) is 22.0 Å². The molecule has 1 aliphatic rings. The number of aromatic amines is 1. The van der Waals surface area contributed by atoms with Gasteiger partial charge in [-0.1, -0.05) is 0 Å². The van der Waals surface area contributed by atoms with Crippen LogP contribution in [0.5, 0.6) is 0 Å². The third kappa shape index (κ3) is 5.25. The van der Waals surface area contributed by atoms with E-state index < -0.39 is 15.9 Å². The Balaban J connectivity index is 1.61. The molecule has 1 aliphatic heterocycles. The first-order valence-electron chi connectivity index (χ1n) is 11.3. The average molecular weight is 504 g/mol. The Kier molecular flexibility index (Phi) is 7.51. The number of fused-ring (bicyclic) bond motifs is 1. The van der Waals surface area contributed by atoms with Crippen molar-refractivity contribution >= 4 is 44.5 Å². The van der Waals surface area contributed by atoms with Crippen LogP contribution in [0.3, 0.4) is 0 Å². The molecule has 0 bridgehead atoms. The number of nitrogens with zero attached hydrogens (tertiary/aromatic N) is 1. The molecule has 0 saturated carbocycles. The number of hydrogen-bond acceptors (Lipinski definition) is 6. The number of primary amides is 1. The van der Waals surface area contributed by atoms with Crippen LogP contribution in [0.15, 0.2) is 29.8 Å². The van der Waals surface area contributed by atoms with Gasteiger partial charge in [-0.3, -0.25) is 9.59 Å². The summed E-state index contributed by atoms with van der Waals surface area (Å²) in [6.07, 6.45) is 4.83. The van der Waals surface area contributed by atoms with Crippen LogP contribution in [0.1, 0.15) is 46.0 Å². The van der Waals surface area contributed by atoms with Crippen LogP contribution in [0, 0.1) is 0 Å². The summed E-state index contributed by atoms with van der Waals surface area (Å²) in [6.45, 7) is 1.39. The highest BCUT2D eigenvalue weighted by atomic mass is 32.2. The van der Waals surface area contributed by atoms with Gasteiger partial charge in [0.15, 0.2) is 6.29 Å². The monoisotopic (exact) mass is 503 g/mol. The molecule has 1 amide bonds. The standard InChI is InChI=1S/C24H29N3O5S2/c1-32-7-2-8-34(30,31)27-5-3-16(4-6-27)22-13-26-24-18(12-23(25)29)9-17(11-21(22)24)19-10-20(14-28)33-15-19/h9-11,13-16,26H,2-8,12H2,1H3,(H2,25,29). The number of carbonyl (C=O) groups is 2. The van der Waals surface area contributed by atoms with Crippen molar-refractivity contribution in [2.24, 2.45) is 5.73 Å². The van der Waals surface area contributed by atoms with Crippen molar-refractivity contribution in [1.29, 1.82) is 0 Å². The van der Waals surface area contributed by atoms with E-state index in [2.05, 4.69) is 11.1 Å². The molecular weight excluding hydrogens is 474 g/mol. The van der Waals surface area contributed by atoms with E-state index in [4.69, 9.17) is 10.5 Å². The molecule has 1 aromatic carbocycles. The third-order valence-corrected chi connectivity index (χ3v) is 9.19. The smallest absolute Gasteiger partial charge is 0.221 e. The first-order chi connectivity index (χ1) is 16.3. The minimum Gasteiger partial charge on any atom is -0.385 e. The predicted octanol–water partition coefficient (Wildman–Crippen LogP) is 3.28. The van der Waals surface area contributed by atoms with Gasteiger partial charge in [-0.2, -0.15) is 0 Å². The molecule has 3 aromatic rings. The number of piperidine rings is 1. The fourth-order valence-corrected chi connectivity index (χ4v) is 6.91. The summed E-state index contributed by atoms with van der Waals surface area (Å²) in [5.41, 5.74) is 10.2. The van der Waals surface area contributed by atoms with E-state index in [-0.39, 0.29) is 18.1 Å². The minimum absolute atomic E-state index is 0.0991. The number of carbonyl (C=O) groups excluding carboxylic acids is 2. The maximum Gasteiger partial charge on any atom is 0.221 e. The van der Waals surface area contributed by atoms with Gasteiger partial charge in [0.25, 0.3) is 0 Å². The topological polar surface area (TPSA) is 123 Å². The number of hydrogen-bond donors (Lipinski definition) is 2. The van der Waals surface area contributed by atoms with E-state index >= 15 is 0 Å². The number of rotatable bonds is 10. The summed E-state index contributed by atoms with van der Waals surface area (Å²) >= 11 is 1.38. The number of aldehydes is 1. The van der Waals surface area contributed by atoms with E-state index in [9.17, 15) is 18.0 Å². The Morgan fingerprint density at radius 2 is 2.03 bits per heavy atom. The second kappa shape index (κ2) is 10.4. The lowest BCUT2D eigenvalue weighted by molar-refractivity contribution is -0.117. The maximum atomic E-state index is 12.6. The number of nitrogens with two attached hydrogens (primary N) is 1. The number of methoxy groups -OCH3 is 1. The van der Waals surface area contributed by atoms with E-state index in [1.807, 2.05) is 23.7 Å². The molecule has 10 heteroatoms. The van der Waals surface area contributed by atoms with E-state index in [0.29, 0.717) is 31.0 Å². The number of benzene rings is 1. The summed E-state index contributed by atoms with van der Waals surface area (Å²) in [4.78, 5) is 26.9. The SMILES string of the molecule is COCCCS(=O)(=O)N1CCC(c2c[nH]c3c(CC(N)=O)cc(-c4csc(C=O)c4)cc23)CC1. The molecule has 0 unspecified atom stereocenters. The predicted molar refractivity (Wildman–Crippen MR) is 134 cm³/mol. The molecule has 0 radical (unpaired) electrons. The molecule has 0 aliphatic carbocycles. The quantitative estimate of drug-likeness (QED) is 0.325. The number of amides is 1. The van der Waals surface area contributed by atoms with Gasteiger partial charge in [-0.25, -0.2) is 12.7 Å². The van der Waals surface area contributed by atoms with Gasteiger partial charge in [0, 0.05) is 43.9 Å². The van der Waals surface area contributed by atoms with Gasteiger partial charge < -0.3 is 15.5 Å². The highest BCUT2D eigenvalue weighted by Gasteiger charge is 2.29. The lowest BCUT2D eigenvalue weighted by Gasteiger charge is -2.31. The molecule has 3 N–H and O–H groups in total. The fraction of sp³-hybridized carbons (Fsp3) is 0.417. The summed E-state index contributed by atoms with van der Waals surface area (Å²) in [6, 6.07) is 5.86. The molecule has 1 fully saturated rings. The number of sulfonamides is 1. The number of thiophene rings is 1. The molecule has 4 rings (SSSR count). The zero-order valence-corrected chi connectivity index (χ0v) is 20.7. The van der Waals surface area contributed by atoms with Crippen LogP contribution in [0.2, 0.25) is 0 Å². The number of nitrogens with one attached hydrogen (secondary N) is 1. The van der Waals surface area contributed by atoms with Gasteiger partial charge in [0.05, 0.1) is 17.1 Å². The Labute approximate surface area is 203 Å². The van der Waals surface area contributed by atoms with Crippen LogP contribution in [-0.4, -0.2) is 62.5 Å². The van der Waals surface area contributed by atoms with Crippen molar-refractivity contribution in [2.75, 3.05) is 32.6 Å². The number of ether oxygens (including phenoxy) is 1. The van der Waals surface area contributed by atoms with Crippen LogP contribution in [-0.2, 0) is 26.0 Å². The fourth-order valence-electron chi connectivity index (χ4n) is 4.69. The third-order valence-electron chi connectivity index (χ3n) is 6.37. The highest BCUT2D eigenvalue weighted by molar-refractivity contribution is 7.89. The summed E-state index contributed by atoms with van der Waals surface area (Å²) in [7, 11) is -1.72. The van der Waals surface area contributed by atoms with Crippen molar-refractivity contribution in [3.05, 3.63) is 45.8 Å². The molecule has 0 atom stereocenters. The first kappa shape index (κ1) is 24.6. The zero-order valence-electron chi connectivity index (χ0n) is 19.1. The molecule has 8 nitrogen and oxygen atoms in total. The van der Waals surface area contributed by atoms with Crippen molar-refractivity contribution in [2.45, 2.75) is 31.6 Å². The van der Waals surface area contributed by atoms with Gasteiger partial charge in [0.1, 0.15) is 0 Å². The van der Waals surface area contributed by atoms with Crippen LogP contribution < -0.4 is 5.73 Å². The van der Waals surface area contributed by atoms with Gasteiger partial charge >= 0.3 is 0 Å². The van der Waals surface area contributed by atoms with Crippen LogP contribution in [0.4, 0.5) is 0 Å².